The lowest BCUT2D eigenvalue weighted by atomic mass is 10.2. The van der Waals surface area contributed by atoms with Gasteiger partial charge in [0.1, 0.15) is 0 Å². The van der Waals surface area contributed by atoms with Gasteiger partial charge in [-0.3, -0.25) is 0 Å². The standard InChI is InChI=1S/C10H20N4O2/c1-4-14(5-2)10-12-9(16-13-10)6-8(11)7-15-3/h8H,4-7,11H2,1-3H3. The summed E-state index contributed by atoms with van der Waals surface area (Å²) in [5.41, 5.74) is 5.80. The Morgan fingerprint density at radius 2 is 2.12 bits per heavy atom. The average molecular weight is 228 g/mol. The molecular formula is C10H20N4O2. The first-order valence-corrected chi connectivity index (χ1v) is 5.53. The highest BCUT2D eigenvalue weighted by atomic mass is 16.5. The van der Waals surface area contributed by atoms with E-state index >= 15 is 0 Å². The van der Waals surface area contributed by atoms with Gasteiger partial charge in [-0.05, 0) is 19.0 Å². The third kappa shape index (κ3) is 3.46. The Morgan fingerprint density at radius 1 is 1.44 bits per heavy atom. The van der Waals surface area contributed by atoms with Crippen molar-refractivity contribution in [1.82, 2.24) is 10.1 Å². The van der Waals surface area contributed by atoms with Crippen molar-refractivity contribution < 1.29 is 9.26 Å². The zero-order valence-corrected chi connectivity index (χ0v) is 10.1. The highest BCUT2D eigenvalue weighted by Gasteiger charge is 2.13. The molecule has 0 spiro atoms. The van der Waals surface area contributed by atoms with Crippen LogP contribution in [0.25, 0.3) is 0 Å². The molecule has 6 nitrogen and oxygen atoms in total. The van der Waals surface area contributed by atoms with E-state index < -0.39 is 0 Å². The van der Waals surface area contributed by atoms with E-state index in [4.69, 9.17) is 15.0 Å². The van der Waals surface area contributed by atoms with Crippen LogP contribution in [0.4, 0.5) is 5.95 Å². The topological polar surface area (TPSA) is 77.4 Å². The number of anilines is 1. The molecule has 0 aliphatic rings. The van der Waals surface area contributed by atoms with Gasteiger partial charge in [-0.15, -0.1) is 0 Å². The Morgan fingerprint density at radius 3 is 2.69 bits per heavy atom. The molecule has 1 aromatic heterocycles. The molecule has 6 heteroatoms. The minimum atomic E-state index is -0.102. The van der Waals surface area contributed by atoms with Crippen molar-refractivity contribution in [3.05, 3.63) is 5.89 Å². The van der Waals surface area contributed by atoms with Gasteiger partial charge in [0, 0.05) is 32.7 Å². The van der Waals surface area contributed by atoms with E-state index in [9.17, 15) is 0 Å². The molecule has 2 N–H and O–H groups in total. The summed E-state index contributed by atoms with van der Waals surface area (Å²) >= 11 is 0. The number of nitrogens with two attached hydrogens (primary N) is 1. The lowest BCUT2D eigenvalue weighted by Gasteiger charge is -2.14. The van der Waals surface area contributed by atoms with Crippen LogP contribution in [-0.2, 0) is 11.2 Å². The van der Waals surface area contributed by atoms with Crippen molar-refractivity contribution in [2.24, 2.45) is 5.73 Å². The molecule has 1 unspecified atom stereocenters. The molecule has 1 rings (SSSR count). The van der Waals surface area contributed by atoms with Crippen molar-refractivity contribution in [3.8, 4) is 0 Å². The average Bonchev–Trinajstić information content (AvgIpc) is 2.68. The number of aromatic nitrogens is 2. The number of methoxy groups -OCH3 is 1. The Labute approximate surface area is 95.7 Å². The molecule has 0 saturated heterocycles. The molecule has 1 heterocycles. The van der Waals surface area contributed by atoms with Crippen LogP contribution in [-0.4, -0.2) is 43.0 Å². The maximum Gasteiger partial charge on any atom is 0.266 e. The molecular weight excluding hydrogens is 208 g/mol. The zero-order chi connectivity index (χ0) is 12.0. The molecule has 0 aromatic carbocycles. The van der Waals surface area contributed by atoms with Crippen LogP contribution in [0.5, 0.6) is 0 Å². The molecule has 0 amide bonds. The van der Waals surface area contributed by atoms with Crippen LogP contribution in [0.15, 0.2) is 4.52 Å². The lowest BCUT2D eigenvalue weighted by Crippen LogP contribution is -2.28. The van der Waals surface area contributed by atoms with Gasteiger partial charge in [0.05, 0.1) is 6.61 Å². The van der Waals surface area contributed by atoms with Crippen LogP contribution >= 0.6 is 0 Å². The van der Waals surface area contributed by atoms with Crippen molar-refractivity contribution in [3.63, 3.8) is 0 Å². The van der Waals surface area contributed by atoms with Crippen molar-refractivity contribution in [2.45, 2.75) is 26.3 Å². The summed E-state index contributed by atoms with van der Waals surface area (Å²) < 4.78 is 10.1. The van der Waals surface area contributed by atoms with Gasteiger partial charge in [-0.25, -0.2) is 0 Å². The molecule has 0 fully saturated rings. The molecule has 0 saturated carbocycles. The first kappa shape index (κ1) is 12.9. The summed E-state index contributed by atoms with van der Waals surface area (Å²) in [6.07, 6.45) is 0.544. The van der Waals surface area contributed by atoms with Gasteiger partial charge in [0.25, 0.3) is 5.95 Å². The summed E-state index contributed by atoms with van der Waals surface area (Å²) in [6, 6.07) is -0.102. The molecule has 1 aromatic rings. The SMILES string of the molecule is CCN(CC)c1noc(CC(N)COC)n1. The molecule has 92 valence electrons. The predicted octanol–water partition coefficient (Wildman–Crippen LogP) is 0.432. The Hall–Kier alpha value is -1.14. The maximum atomic E-state index is 5.80. The first-order chi connectivity index (χ1) is 7.71. The van der Waals surface area contributed by atoms with E-state index in [0.29, 0.717) is 24.9 Å². The van der Waals surface area contributed by atoms with Gasteiger partial charge in [0.2, 0.25) is 5.89 Å². The van der Waals surface area contributed by atoms with Crippen LogP contribution in [0.3, 0.4) is 0 Å². The molecule has 0 bridgehead atoms. The van der Waals surface area contributed by atoms with E-state index in [1.54, 1.807) is 7.11 Å². The van der Waals surface area contributed by atoms with Crippen LogP contribution in [0.1, 0.15) is 19.7 Å². The van der Waals surface area contributed by atoms with Crippen molar-refractivity contribution in [2.75, 3.05) is 31.7 Å². The van der Waals surface area contributed by atoms with Crippen LogP contribution in [0, 0.1) is 0 Å². The zero-order valence-electron chi connectivity index (χ0n) is 10.1. The normalized spacial score (nSPS) is 12.8. The fraction of sp³-hybridized carbons (Fsp3) is 0.800. The third-order valence-electron chi connectivity index (χ3n) is 2.32. The fourth-order valence-electron chi connectivity index (χ4n) is 1.46. The Bertz CT molecular complexity index is 299. The summed E-state index contributed by atoms with van der Waals surface area (Å²) in [5, 5.41) is 3.91. The highest BCUT2D eigenvalue weighted by molar-refractivity contribution is 5.26. The van der Waals surface area contributed by atoms with Gasteiger partial charge in [-0.1, -0.05) is 0 Å². The van der Waals surface area contributed by atoms with E-state index in [0.717, 1.165) is 13.1 Å². The maximum absolute atomic E-state index is 5.80. The lowest BCUT2D eigenvalue weighted by molar-refractivity contribution is 0.176. The largest absolute Gasteiger partial charge is 0.383 e. The summed E-state index contributed by atoms with van der Waals surface area (Å²) in [5.74, 6) is 1.19. The predicted molar refractivity (Wildman–Crippen MR) is 61.4 cm³/mol. The quantitative estimate of drug-likeness (QED) is 0.729. The number of hydrogen-bond acceptors (Lipinski definition) is 6. The van der Waals surface area contributed by atoms with Gasteiger partial charge in [-0.2, -0.15) is 4.98 Å². The summed E-state index contributed by atoms with van der Waals surface area (Å²) in [4.78, 5) is 6.31. The number of rotatable bonds is 7. The number of nitrogens with zero attached hydrogens (tertiary/aromatic N) is 3. The van der Waals surface area contributed by atoms with E-state index in [1.165, 1.54) is 0 Å². The molecule has 0 aliphatic carbocycles. The fourth-order valence-corrected chi connectivity index (χ4v) is 1.46. The number of ether oxygens (including phenoxy) is 1. The van der Waals surface area contributed by atoms with Crippen LogP contribution < -0.4 is 10.6 Å². The highest BCUT2D eigenvalue weighted by Crippen LogP contribution is 2.09. The van der Waals surface area contributed by atoms with Gasteiger partial charge in [0.15, 0.2) is 0 Å². The van der Waals surface area contributed by atoms with E-state index in [2.05, 4.69) is 24.0 Å². The second kappa shape index (κ2) is 6.44. The summed E-state index contributed by atoms with van der Waals surface area (Å²) in [6.45, 7) is 6.31. The molecule has 0 radical (unpaired) electrons. The van der Waals surface area contributed by atoms with Crippen molar-refractivity contribution in [1.29, 1.82) is 0 Å². The Balaban J connectivity index is 2.57. The van der Waals surface area contributed by atoms with E-state index in [1.807, 2.05) is 4.90 Å². The second-order valence-corrected chi connectivity index (χ2v) is 3.58. The molecule has 0 aliphatic heterocycles. The molecule has 16 heavy (non-hydrogen) atoms. The van der Waals surface area contributed by atoms with Gasteiger partial charge >= 0.3 is 0 Å². The third-order valence-corrected chi connectivity index (χ3v) is 2.32. The monoisotopic (exact) mass is 228 g/mol. The smallest absolute Gasteiger partial charge is 0.266 e. The van der Waals surface area contributed by atoms with Crippen molar-refractivity contribution >= 4 is 5.95 Å². The first-order valence-electron chi connectivity index (χ1n) is 5.53. The molecule has 1 atom stereocenters. The van der Waals surface area contributed by atoms with Crippen LogP contribution in [0.2, 0.25) is 0 Å². The minimum Gasteiger partial charge on any atom is -0.383 e. The van der Waals surface area contributed by atoms with E-state index in [-0.39, 0.29) is 6.04 Å². The number of hydrogen-bond donors (Lipinski definition) is 1. The van der Waals surface area contributed by atoms with Gasteiger partial charge < -0.3 is 19.9 Å². The summed E-state index contributed by atoms with van der Waals surface area (Å²) in [7, 11) is 1.62. The minimum absolute atomic E-state index is 0.102. The Kier molecular flexibility index (Phi) is 5.21. The second-order valence-electron chi connectivity index (χ2n) is 3.58.